The third-order valence-electron chi connectivity index (χ3n) is 2.75. The molecule has 0 aliphatic rings. The summed E-state index contributed by atoms with van der Waals surface area (Å²) in [6.07, 6.45) is 7.19. The molecule has 2 heterocycles. The van der Waals surface area contributed by atoms with Gasteiger partial charge >= 0.3 is 0 Å². The molecule has 0 atom stereocenters. The molecule has 18 heavy (non-hydrogen) atoms. The van der Waals surface area contributed by atoms with Crippen LogP contribution in [0.2, 0.25) is 0 Å². The van der Waals surface area contributed by atoms with Crippen LogP contribution < -0.4 is 5.32 Å². The molecule has 0 unspecified atom stereocenters. The Balaban J connectivity index is 1.60. The maximum atomic E-state index is 5.05. The fourth-order valence-electron chi connectivity index (χ4n) is 1.78. The van der Waals surface area contributed by atoms with E-state index in [1.165, 1.54) is 11.1 Å². The van der Waals surface area contributed by atoms with Crippen molar-refractivity contribution in [1.29, 1.82) is 0 Å². The van der Waals surface area contributed by atoms with Crippen molar-refractivity contribution < 1.29 is 4.42 Å². The van der Waals surface area contributed by atoms with E-state index < -0.39 is 0 Å². The second kappa shape index (κ2) is 6.93. The number of pyridine rings is 1. The molecule has 0 radical (unpaired) electrons. The topological polar surface area (TPSA) is 41.3 Å². The molecule has 0 bridgehead atoms. The van der Waals surface area contributed by atoms with Gasteiger partial charge in [-0.25, -0.2) is 0 Å². The largest absolute Gasteiger partial charge is 0.472 e. The molecule has 0 amide bonds. The molecule has 2 rings (SSSR count). The molecule has 2 aromatic heterocycles. The molecule has 0 aliphatic heterocycles. The molecule has 4 heteroatoms. The van der Waals surface area contributed by atoms with Crippen molar-refractivity contribution in [3.8, 4) is 0 Å². The van der Waals surface area contributed by atoms with Crippen LogP contribution in [0.25, 0.3) is 0 Å². The zero-order valence-corrected chi connectivity index (χ0v) is 10.7. The smallest absolute Gasteiger partial charge is 0.0947 e. The summed E-state index contributed by atoms with van der Waals surface area (Å²) in [7, 11) is 2.11. The Hall–Kier alpha value is -1.65. The Morgan fingerprint density at radius 1 is 1.33 bits per heavy atom. The molecule has 0 fully saturated rings. The van der Waals surface area contributed by atoms with E-state index in [0.29, 0.717) is 0 Å². The quantitative estimate of drug-likeness (QED) is 0.756. The van der Waals surface area contributed by atoms with Crippen molar-refractivity contribution in [2.24, 2.45) is 0 Å². The van der Waals surface area contributed by atoms with Crippen LogP contribution in [0.15, 0.2) is 47.5 Å². The number of furan rings is 1. The summed E-state index contributed by atoms with van der Waals surface area (Å²) in [5, 5.41) is 3.41. The molecular weight excluding hydrogens is 226 g/mol. The van der Waals surface area contributed by atoms with Crippen molar-refractivity contribution in [3.63, 3.8) is 0 Å². The first-order valence-electron chi connectivity index (χ1n) is 6.14. The monoisotopic (exact) mass is 245 g/mol. The summed E-state index contributed by atoms with van der Waals surface area (Å²) in [6.45, 7) is 3.76. The first kappa shape index (κ1) is 12.8. The van der Waals surface area contributed by atoms with Crippen molar-refractivity contribution in [1.82, 2.24) is 15.2 Å². The van der Waals surface area contributed by atoms with Crippen molar-refractivity contribution in [2.45, 2.75) is 13.1 Å². The minimum atomic E-state index is 0.868. The van der Waals surface area contributed by atoms with Crippen LogP contribution in [0, 0.1) is 0 Å². The van der Waals surface area contributed by atoms with Crippen LogP contribution in [-0.2, 0) is 13.1 Å². The zero-order valence-electron chi connectivity index (χ0n) is 10.7. The molecular formula is C14H19N3O. The summed E-state index contributed by atoms with van der Waals surface area (Å²) >= 11 is 0. The summed E-state index contributed by atoms with van der Waals surface area (Å²) in [4.78, 5) is 6.35. The normalized spacial score (nSPS) is 11.0. The van der Waals surface area contributed by atoms with Crippen LogP contribution in [0.1, 0.15) is 11.1 Å². The summed E-state index contributed by atoms with van der Waals surface area (Å²) in [5.74, 6) is 0. The number of aromatic nitrogens is 1. The van der Waals surface area contributed by atoms with Crippen LogP contribution in [0.3, 0.4) is 0 Å². The lowest BCUT2D eigenvalue weighted by molar-refractivity contribution is 0.323. The number of rotatable bonds is 7. The zero-order chi connectivity index (χ0) is 12.6. The molecule has 0 aromatic carbocycles. The van der Waals surface area contributed by atoms with Gasteiger partial charge in [-0.05, 0) is 24.7 Å². The second-order valence-electron chi connectivity index (χ2n) is 4.41. The van der Waals surface area contributed by atoms with E-state index in [1.54, 1.807) is 18.7 Å². The Morgan fingerprint density at radius 2 is 2.28 bits per heavy atom. The van der Waals surface area contributed by atoms with Crippen LogP contribution >= 0.6 is 0 Å². The van der Waals surface area contributed by atoms with E-state index in [2.05, 4.69) is 28.3 Å². The molecule has 1 N–H and O–H groups in total. The molecule has 0 saturated heterocycles. The van der Waals surface area contributed by atoms with Gasteiger partial charge in [0, 0.05) is 44.1 Å². The Kier molecular flexibility index (Phi) is 4.93. The number of nitrogens with one attached hydrogen (secondary N) is 1. The van der Waals surface area contributed by atoms with E-state index >= 15 is 0 Å². The first-order valence-corrected chi connectivity index (χ1v) is 6.14. The van der Waals surface area contributed by atoms with E-state index in [4.69, 9.17) is 4.42 Å². The van der Waals surface area contributed by atoms with Gasteiger partial charge in [0.25, 0.3) is 0 Å². The lowest BCUT2D eigenvalue weighted by Crippen LogP contribution is -2.28. The van der Waals surface area contributed by atoms with Crippen molar-refractivity contribution >= 4 is 0 Å². The van der Waals surface area contributed by atoms with E-state index in [-0.39, 0.29) is 0 Å². The van der Waals surface area contributed by atoms with Gasteiger partial charge in [0.15, 0.2) is 0 Å². The third kappa shape index (κ3) is 4.31. The standard InChI is InChI=1S/C14H19N3O/c1-17(11-14-4-8-18-12-14)7-6-16-10-13-3-2-5-15-9-13/h2-5,8-9,12,16H,6-7,10-11H2,1H3. The lowest BCUT2D eigenvalue weighted by atomic mass is 10.3. The highest BCUT2D eigenvalue weighted by molar-refractivity contribution is 5.07. The van der Waals surface area contributed by atoms with Crippen LogP contribution in [0.5, 0.6) is 0 Å². The van der Waals surface area contributed by atoms with Gasteiger partial charge in [-0.1, -0.05) is 6.07 Å². The Bertz CT molecular complexity index is 428. The van der Waals surface area contributed by atoms with Gasteiger partial charge in [-0.3, -0.25) is 4.98 Å². The van der Waals surface area contributed by atoms with E-state index in [1.807, 2.05) is 18.3 Å². The fraction of sp³-hybridized carbons (Fsp3) is 0.357. The molecule has 0 aliphatic carbocycles. The lowest BCUT2D eigenvalue weighted by Gasteiger charge is -2.15. The minimum absolute atomic E-state index is 0.868. The van der Waals surface area contributed by atoms with Gasteiger partial charge < -0.3 is 14.6 Å². The fourth-order valence-corrected chi connectivity index (χ4v) is 1.78. The molecule has 0 spiro atoms. The highest BCUT2D eigenvalue weighted by atomic mass is 16.3. The highest BCUT2D eigenvalue weighted by Crippen LogP contribution is 2.02. The summed E-state index contributed by atoms with van der Waals surface area (Å²) in [5.41, 5.74) is 2.43. The predicted molar refractivity (Wildman–Crippen MR) is 71.0 cm³/mol. The van der Waals surface area contributed by atoms with Gasteiger partial charge in [-0.2, -0.15) is 0 Å². The summed E-state index contributed by atoms with van der Waals surface area (Å²) in [6, 6.07) is 6.04. The third-order valence-corrected chi connectivity index (χ3v) is 2.75. The molecule has 0 saturated carbocycles. The van der Waals surface area contributed by atoms with Crippen LogP contribution in [-0.4, -0.2) is 30.0 Å². The second-order valence-corrected chi connectivity index (χ2v) is 4.41. The number of hydrogen-bond acceptors (Lipinski definition) is 4. The average Bonchev–Trinajstić information content (AvgIpc) is 2.89. The maximum absolute atomic E-state index is 5.05. The van der Waals surface area contributed by atoms with E-state index in [9.17, 15) is 0 Å². The van der Waals surface area contributed by atoms with Gasteiger partial charge in [0.1, 0.15) is 0 Å². The van der Waals surface area contributed by atoms with Gasteiger partial charge in [-0.15, -0.1) is 0 Å². The summed E-state index contributed by atoms with van der Waals surface area (Å²) < 4.78 is 5.05. The van der Waals surface area contributed by atoms with Crippen molar-refractivity contribution in [3.05, 3.63) is 54.2 Å². The van der Waals surface area contributed by atoms with Gasteiger partial charge in [0.05, 0.1) is 12.5 Å². The first-order chi connectivity index (χ1) is 8.84. The molecule has 4 nitrogen and oxygen atoms in total. The Labute approximate surface area is 108 Å². The number of likely N-dealkylation sites (N-methyl/N-ethyl adjacent to an activating group) is 1. The van der Waals surface area contributed by atoms with Crippen molar-refractivity contribution in [2.75, 3.05) is 20.1 Å². The molecule has 2 aromatic rings. The number of hydrogen-bond donors (Lipinski definition) is 1. The van der Waals surface area contributed by atoms with Gasteiger partial charge in [0.2, 0.25) is 0 Å². The SMILES string of the molecule is CN(CCNCc1cccnc1)Cc1ccoc1. The Morgan fingerprint density at radius 3 is 3.00 bits per heavy atom. The van der Waals surface area contributed by atoms with Crippen LogP contribution in [0.4, 0.5) is 0 Å². The van der Waals surface area contributed by atoms with E-state index in [0.717, 1.165) is 26.2 Å². The number of nitrogens with zero attached hydrogens (tertiary/aromatic N) is 2. The minimum Gasteiger partial charge on any atom is -0.472 e. The maximum Gasteiger partial charge on any atom is 0.0947 e. The molecule has 96 valence electrons. The predicted octanol–water partition coefficient (Wildman–Crippen LogP) is 1.90. The highest BCUT2D eigenvalue weighted by Gasteiger charge is 2.00. The average molecular weight is 245 g/mol.